The Morgan fingerprint density at radius 2 is 1.75 bits per heavy atom. The maximum absolute atomic E-state index is 5.50. The van der Waals surface area contributed by atoms with Crippen LogP contribution < -0.4 is 0 Å². The second-order valence-electron chi connectivity index (χ2n) is 4.46. The van der Waals surface area contributed by atoms with E-state index >= 15 is 0 Å². The molecule has 0 aromatic carbocycles. The van der Waals surface area contributed by atoms with E-state index in [9.17, 15) is 0 Å². The Hall–Kier alpha value is -0.240. The van der Waals surface area contributed by atoms with Crippen LogP contribution in [0.5, 0.6) is 0 Å². The lowest BCUT2D eigenvalue weighted by Gasteiger charge is -2.16. The molecular formula is C10H16O6. The molecule has 2 heterocycles. The molecule has 92 valence electrons. The molecule has 3 aliphatic rings. The minimum absolute atomic E-state index is 0.225. The predicted octanol–water partition coefficient (Wildman–Crippen LogP) is 1.32. The second-order valence-corrected chi connectivity index (χ2v) is 4.46. The summed E-state index contributed by atoms with van der Waals surface area (Å²) in [6.07, 6.45) is 2.28. The van der Waals surface area contributed by atoms with Crippen molar-refractivity contribution >= 4 is 0 Å². The van der Waals surface area contributed by atoms with Gasteiger partial charge in [-0.25, -0.2) is 19.6 Å². The molecule has 5 atom stereocenters. The SMILES string of the molecule is CC1OOC(C2CCC(C3OCOO3)C2)O1. The molecule has 5 unspecified atom stereocenters. The summed E-state index contributed by atoms with van der Waals surface area (Å²) in [6, 6.07) is 0. The fraction of sp³-hybridized carbons (Fsp3) is 1.00. The zero-order valence-corrected chi connectivity index (χ0v) is 9.16. The van der Waals surface area contributed by atoms with Crippen molar-refractivity contribution in [2.75, 3.05) is 6.79 Å². The molecule has 16 heavy (non-hydrogen) atoms. The third kappa shape index (κ3) is 2.09. The summed E-state index contributed by atoms with van der Waals surface area (Å²) < 4.78 is 10.8. The first-order chi connectivity index (χ1) is 7.83. The van der Waals surface area contributed by atoms with Gasteiger partial charge in [-0.2, -0.15) is 0 Å². The van der Waals surface area contributed by atoms with Crippen molar-refractivity contribution in [3.05, 3.63) is 0 Å². The normalized spacial score (nSPS) is 48.9. The van der Waals surface area contributed by atoms with E-state index in [0.29, 0.717) is 11.8 Å². The summed E-state index contributed by atoms with van der Waals surface area (Å²) in [6.45, 7) is 2.05. The molecule has 0 radical (unpaired) electrons. The minimum atomic E-state index is -0.272. The van der Waals surface area contributed by atoms with Crippen molar-refractivity contribution in [2.24, 2.45) is 11.8 Å². The van der Waals surface area contributed by atoms with Crippen LogP contribution in [0.15, 0.2) is 0 Å². The van der Waals surface area contributed by atoms with E-state index in [1.807, 2.05) is 6.92 Å². The van der Waals surface area contributed by atoms with Crippen molar-refractivity contribution in [3.63, 3.8) is 0 Å². The zero-order chi connectivity index (χ0) is 11.0. The average molecular weight is 232 g/mol. The van der Waals surface area contributed by atoms with Crippen LogP contribution in [0.2, 0.25) is 0 Å². The van der Waals surface area contributed by atoms with Crippen LogP contribution >= 0.6 is 0 Å². The highest BCUT2D eigenvalue weighted by Gasteiger charge is 2.41. The van der Waals surface area contributed by atoms with Gasteiger partial charge in [0, 0.05) is 11.8 Å². The molecular weight excluding hydrogens is 216 g/mol. The summed E-state index contributed by atoms with van der Waals surface area (Å²) in [5, 5.41) is 0. The molecule has 3 rings (SSSR count). The van der Waals surface area contributed by atoms with E-state index in [-0.39, 0.29) is 25.7 Å². The predicted molar refractivity (Wildman–Crippen MR) is 49.2 cm³/mol. The van der Waals surface area contributed by atoms with Crippen LogP contribution in [0.4, 0.5) is 0 Å². The molecule has 6 nitrogen and oxygen atoms in total. The molecule has 0 bridgehead atoms. The molecule has 2 aliphatic heterocycles. The molecule has 2 saturated heterocycles. The lowest BCUT2D eigenvalue weighted by atomic mass is 10.0. The fourth-order valence-electron chi connectivity index (χ4n) is 2.54. The molecule has 0 N–H and O–H groups in total. The van der Waals surface area contributed by atoms with Gasteiger partial charge in [0.25, 0.3) is 0 Å². The zero-order valence-electron chi connectivity index (χ0n) is 9.16. The number of rotatable bonds is 2. The van der Waals surface area contributed by atoms with Gasteiger partial charge >= 0.3 is 0 Å². The van der Waals surface area contributed by atoms with E-state index in [2.05, 4.69) is 0 Å². The Kier molecular flexibility index (Phi) is 3.10. The summed E-state index contributed by atoms with van der Waals surface area (Å²) in [4.78, 5) is 19.8. The van der Waals surface area contributed by atoms with Crippen LogP contribution in [0.1, 0.15) is 26.2 Å². The van der Waals surface area contributed by atoms with Crippen LogP contribution in [0, 0.1) is 11.8 Å². The summed E-state index contributed by atoms with van der Waals surface area (Å²) in [5.74, 6) is 0.707. The number of hydrogen-bond donors (Lipinski definition) is 0. The second kappa shape index (κ2) is 4.56. The van der Waals surface area contributed by atoms with Gasteiger partial charge in [-0.3, -0.25) is 0 Å². The van der Waals surface area contributed by atoms with Gasteiger partial charge in [-0.15, -0.1) is 0 Å². The minimum Gasteiger partial charge on any atom is -0.320 e. The van der Waals surface area contributed by atoms with Gasteiger partial charge in [0.1, 0.15) is 0 Å². The van der Waals surface area contributed by atoms with Crippen LogP contribution in [-0.4, -0.2) is 25.7 Å². The lowest BCUT2D eigenvalue weighted by Crippen LogP contribution is -2.23. The van der Waals surface area contributed by atoms with Crippen molar-refractivity contribution in [3.8, 4) is 0 Å². The van der Waals surface area contributed by atoms with Crippen LogP contribution in [0.3, 0.4) is 0 Å². The highest BCUT2D eigenvalue weighted by atomic mass is 17.3. The van der Waals surface area contributed by atoms with Gasteiger partial charge in [-0.05, 0) is 26.2 Å². The van der Waals surface area contributed by atoms with Gasteiger partial charge in [0.2, 0.25) is 0 Å². The maximum atomic E-state index is 5.50. The van der Waals surface area contributed by atoms with Crippen LogP contribution in [-0.2, 0) is 29.0 Å². The third-order valence-corrected chi connectivity index (χ3v) is 3.34. The molecule has 6 heteroatoms. The fourth-order valence-corrected chi connectivity index (χ4v) is 2.54. The van der Waals surface area contributed by atoms with Gasteiger partial charge in [0.05, 0.1) is 0 Å². The Bertz CT molecular complexity index is 241. The standard InChI is InChI=1S/C10H16O6/c1-6-13-10(16-14-6)8-3-2-7(4-8)9-11-5-12-15-9/h6-10H,2-5H2,1H3. The van der Waals surface area contributed by atoms with Crippen molar-refractivity contribution in [2.45, 2.75) is 45.1 Å². The van der Waals surface area contributed by atoms with Crippen molar-refractivity contribution in [1.29, 1.82) is 0 Å². The Balaban J connectivity index is 1.52. The Morgan fingerprint density at radius 1 is 0.938 bits per heavy atom. The Morgan fingerprint density at radius 3 is 2.38 bits per heavy atom. The molecule has 0 spiro atoms. The highest BCUT2D eigenvalue weighted by molar-refractivity contribution is 4.80. The summed E-state index contributed by atoms with van der Waals surface area (Å²) in [7, 11) is 0. The number of hydrogen-bond acceptors (Lipinski definition) is 6. The molecule has 3 fully saturated rings. The first-order valence-electron chi connectivity index (χ1n) is 5.70. The lowest BCUT2D eigenvalue weighted by molar-refractivity contribution is -0.302. The van der Waals surface area contributed by atoms with E-state index in [0.717, 1.165) is 19.3 Å². The average Bonchev–Trinajstić information content (AvgIpc) is 2.97. The molecule has 1 aliphatic carbocycles. The first kappa shape index (κ1) is 10.9. The maximum Gasteiger partial charge on any atom is 0.197 e. The van der Waals surface area contributed by atoms with Gasteiger partial charge < -0.3 is 9.47 Å². The van der Waals surface area contributed by atoms with Crippen molar-refractivity contribution in [1.82, 2.24) is 0 Å². The monoisotopic (exact) mass is 232 g/mol. The molecule has 0 amide bonds. The topological polar surface area (TPSA) is 55.4 Å². The highest BCUT2D eigenvalue weighted by Crippen LogP contribution is 2.40. The third-order valence-electron chi connectivity index (χ3n) is 3.34. The van der Waals surface area contributed by atoms with Crippen LogP contribution in [0.25, 0.3) is 0 Å². The van der Waals surface area contributed by atoms with E-state index in [4.69, 9.17) is 29.0 Å². The molecule has 0 aromatic rings. The summed E-state index contributed by atoms with van der Waals surface area (Å²) >= 11 is 0. The molecule has 0 aromatic heterocycles. The largest absolute Gasteiger partial charge is 0.320 e. The first-order valence-corrected chi connectivity index (χ1v) is 5.70. The van der Waals surface area contributed by atoms with Gasteiger partial charge in [-0.1, -0.05) is 0 Å². The quantitative estimate of drug-likeness (QED) is 0.669. The van der Waals surface area contributed by atoms with Crippen molar-refractivity contribution < 1.29 is 29.0 Å². The Labute approximate surface area is 93.5 Å². The number of ether oxygens (including phenoxy) is 2. The summed E-state index contributed by atoms with van der Waals surface area (Å²) in [5.41, 5.74) is 0. The van der Waals surface area contributed by atoms with E-state index in [1.165, 1.54) is 0 Å². The molecule has 1 saturated carbocycles. The van der Waals surface area contributed by atoms with E-state index < -0.39 is 0 Å². The van der Waals surface area contributed by atoms with Gasteiger partial charge in [0.15, 0.2) is 25.7 Å². The van der Waals surface area contributed by atoms with E-state index in [1.54, 1.807) is 0 Å². The smallest absolute Gasteiger partial charge is 0.197 e.